The maximum Gasteiger partial charge on any atom is 0.340 e. The Morgan fingerprint density at radius 1 is 0.833 bits per heavy atom. The minimum Gasteiger partial charge on any atom is -0.465 e. The van der Waals surface area contributed by atoms with Crippen molar-refractivity contribution in [2.75, 3.05) is 7.11 Å². The average molecular weight is 665 g/mol. The molecule has 0 N–H and O–H groups in total. The molecule has 2 nitrogen and oxygen atoms in total. The molecule has 4 saturated carbocycles. The van der Waals surface area contributed by atoms with Gasteiger partial charge in [0.05, 0.1) is 12.7 Å². The minimum absolute atomic E-state index is 0.0171. The summed E-state index contributed by atoms with van der Waals surface area (Å²) < 4.78 is 19.6. The zero-order valence-electron chi connectivity index (χ0n) is 33.4. The van der Waals surface area contributed by atoms with Crippen molar-refractivity contribution in [1.29, 1.82) is 0 Å². The van der Waals surface area contributed by atoms with Crippen molar-refractivity contribution in [3.8, 4) is 12.8 Å². The zero-order chi connectivity index (χ0) is 37.0. The molecule has 5 aliphatic carbocycles. The van der Waals surface area contributed by atoms with E-state index in [1.165, 1.54) is 76.0 Å². The van der Waals surface area contributed by atoms with Gasteiger partial charge >= 0.3 is 5.97 Å². The van der Waals surface area contributed by atoms with Crippen molar-refractivity contribution in [3.63, 3.8) is 0 Å². The summed E-state index contributed by atoms with van der Waals surface area (Å²) in [6, 6.07) is 5.07. The molecule has 1 aromatic rings. The normalized spacial score (nSPS) is 33.1. The van der Waals surface area contributed by atoms with Crippen LogP contribution >= 0.6 is 0 Å². The van der Waals surface area contributed by atoms with E-state index in [1.54, 1.807) is 12.1 Å². The highest BCUT2D eigenvalue weighted by molar-refractivity contribution is 5.90. The van der Waals surface area contributed by atoms with Gasteiger partial charge in [0.2, 0.25) is 0 Å². The maximum atomic E-state index is 14.9. The molecule has 0 saturated heterocycles. The summed E-state index contributed by atoms with van der Waals surface area (Å²) in [7, 11) is 1.30. The number of hydrogen-bond donors (Lipinski definition) is 0. The molecule has 8 atom stereocenters. The smallest absolute Gasteiger partial charge is 0.340 e. The van der Waals surface area contributed by atoms with Crippen molar-refractivity contribution >= 4 is 11.5 Å². The topological polar surface area (TPSA) is 26.3 Å². The summed E-state index contributed by atoms with van der Waals surface area (Å²) in [6.45, 7) is 29.5. The predicted octanol–water partition coefficient (Wildman–Crippen LogP) is 13.6. The molecular formula is C45H73FO2. The molecule has 0 amide bonds. The number of allylic oxidation sites excluding steroid dienone is 3. The first-order chi connectivity index (χ1) is 22.8. The largest absolute Gasteiger partial charge is 0.465 e. The molecule has 4 fully saturated rings. The molecule has 0 heterocycles. The number of hydrogen-bond acceptors (Lipinski definition) is 2. The molecule has 0 aliphatic heterocycles. The fraction of sp³-hybridized carbons (Fsp3) is 0.711. The SMILES string of the molecule is C#C.C=C(C)C.CC.CC.CC.COC(=O)c1ccc(C2=CC[C@]3(C)C4CCC5C(CC[C@@]6(C)CCCC56)C4CCC3C2(C)C)cc1F. The Kier molecular flexibility index (Phi) is 17.4. The first-order valence-corrected chi connectivity index (χ1v) is 19.4. The number of terminal acetylenes is 1. The van der Waals surface area contributed by atoms with Crippen molar-refractivity contribution < 1.29 is 13.9 Å². The molecule has 272 valence electrons. The molecule has 0 spiro atoms. The second-order valence-electron chi connectivity index (χ2n) is 15.4. The number of halogens is 1. The van der Waals surface area contributed by atoms with Gasteiger partial charge in [-0.25, -0.2) is 9.18 Å². The maximum absolute atomic E-state index is 14.9. The molecule has 0 aromatic heterocycles. The molecule has 6 unspecified atom stereocenters. The lowest BCUT2D eigenvalue weighted by molar-refractivity contribution is -0.127. The molecule has 5 aliphatic rings. The van der Waals surface area contributed by atoms with E-state index < -0.39 is 11.8 Å². The lowest BCUT2D eigenvalue weighted by Crippen LogP contribution is -2.56. The summed E-state index contributed by atoms with van der Waals surface area (Å²) in [4.78, 5) is 11.9. The number of methoxy groups -OCH3 is 1. The summed E-state index contributed by atoms with van der Waals surface area (Å²) in [5.74, 6) is 4.14. The van der Waals surface area contributed by atoms with Crippen LogP contribution in [0.3, 0.4) is 0 Å². The van der Waals surface area contributed by atoms with Crippen molar-refractivity contribution in [2.24, 2.45) is 51.8 Å². The Hall–Kier alpha value is -2.34. The third kappa shape index (κ3) is 8.68. The highest BCUT2D eigenvalue weighted by Gasteiger charge is 2.60. The molecule has 3 heteroatoms. The second-order valence-corrected chi connectivity index (χ2v) is 15.4. The van der Waals surface area contributed by atoms with Gasteiger partial charge in [-0.15, -0.1) is 19.4 Å². The lowest BCUT2D eigenvalue weighted by atomic mass is 9.41. The highest BCUT2D eigenvalue weighted by Crippen LogP contribution is 2.69. The molecule has 6 rings (SSSR count). The summed E-state index contributed by atoms with van der Waals surface area (Å²) in [5, 5.41) is 0. The molecule has 1 aromatic carbocycles. The van der Waals surface area contributed by atoms with E-state index in [0.717, 1.165) is 41.6 Å². The molecule has 0 radical (unpaired) electrons. The van der Waals surface area contributed by atoms with Gasteiger partial charge in [0, 0.05) is 0 Å². The fourth-order valence-corrected chi connectivity index (χ4v) is 11.0. The highest BCUT2D eigenvalue weighted by atomic mass is 19.1. The lowest BCUT2D eigenvalue weighted by Gasteiger charge is -2.64. The first-order valence-electron chi connectivity index (χ1n) is 19.4. The number of carbonyl (C=O) groups excluding carboxylic acids is 1. The van der Waals surface area contributed by atoms with E-state index >= 15 is 0 Å². The van der Waals surface area contributed by atoms with Crippen LogP contribution in [-0.4, -0.2) is 13.1 Å². The third-order valence-electron chi connectivity index (χ3n) is 12.6. The van der Waals surface area contributed by atoms with Gasteiger partial charge in [0.15, 0.2) is 0 Å². The van der Waals surface area contributed by atoms with Crippen LogP contribution in [0.25, 0.3) is 5.57 Å². The van der Waals surface area contributed by atoms with Gasteiger partial charge in [-0.05, 0) is 147 Å². The standard InChI is InChI=1S/C33H45FO2.C4H8.3C2H6.C2H2/c1-31(2)25(20-8-9-24(28(34)19-20)30(35)36-5)15-18-33(4)27-12-10-22-21(23(27)11-13-29(31)33)14-17-32(3)16-6-7-26(22)32;1-4(2)3;4*1-2/h8-9,15,19,21-23,26-27,29H,6-7,10-14,16-18H2,1-5H3;1H2,2-3H3;3*1-2H3;1-2H/t21?,22?,23?,26?,27?,29?,32-,33-;;;;;/m1...../s1. The number of ether oxygens (including phenoxy) is 1. The van der Waals surface area contributed by atoms with Gasteiger partial charge in [0.1, 0.15) is 5.82 Å². The van der Waals surface area contributed by atoms with Gasteiger partial charge in [-0.1, -0.05) is 93.4 Å². The summed E-state index contributed by atoms with van der Waals surface area (Å²) in [5.41, 5.74) is 4.30. The number of esters is 1. The third-order valence-corrected chi connectivity index (χ3v) is 12.6. The van der Waals surface area contributed by atoms with Crippen LogP contribution in [0.15, 0.2) is 36.4 Å². The number of carbonyl (C=O) groups is 1. The van der Waals surface area contributed by atoms with Crippen LogP contribution in [0.2, 0.25) is 0 Å². The Morgan fingerprint density at radius 2 is 1.40 bits per heavy atom. The Balaban J connectivity index is 0.000000857. The van der Waals surface area contributed by atoms with Gasteiger partial charge in [0.25, 0.3) is 0 Å². The number of rotatable bonds is 2. The number of fused-ring (bicyclic) bond motifs is 7. The molecular weight excluding hydrogens is 591 g/mol. The zero-order valence-corrected chi connectivity index (χ0v) is 33.4. The van der Waals surface area contributed by atoms with Crippen LogP contribution in [0.1, 0.15) is 163 Å². The number of benzene rings is 1. The van der Waals surface area contributed by atoms with Gasteiger partial charge in [-0.3, -0.25) is 0 Å². The van der Waals surface area contributed by atoms with E-state index in [9.17, 15) is 9.18 Å². The molecule has 48 heavy (non-hydrogen) atoms. The van der Waals surface area contributed by atoms with E-state index in [2.05, 4.69) is 53.2 Å². The monoisotopic (exact) mass is 665 g/mol. The van der Waals surface area contributed by atoms with Crippen LogP contribution < -0.4 is 0 Å². The fourth-order valence-electron chi connectivity index (χ4n) is 11.0. The van der Waals surface area contributed by atoms with Crippen molar-refractivity contribution in [3.05, 3.63) is 53.4 Å². The second kappa shape index (κ2) is 19.2. The van der Waals surface area contributed by atoms with Gasteiger partial charge < -0.3 is 4.74 Å². The Bertz CT molecular complexity index is 1220. The predicted molar refractivity (Wildman–Crippen MR) is 207 cm³/mol. The summed E-state index contributed by atoms with van der Waals surface area (Å²) in [6.07, 6.45) is 24.4. The van der Waals surface area contributed by atoms with Crippen LogP contribution in [0.5, 0.6) is 0 Å². The van der Waals surface area contributed by atoms with E-state index in [-0.39, 0.29) is 11.0 Å². The van der Waals surface area contributed by atoms with E-state index in [1.807, 2.05) is 61.5 Å². The quantitative estimate of drug-likeness (QED) is 0.179. The van der Waals surface area contributed by atoms with Crippen molar-refractivity contribution in [2.45, 2.75) is 147 Å². The molecule has 0 bridgehead atoms. The van der Waals surface area contributed by atoms with E-state index in [0.29, 0.717) is 16.7 Å². The average Bonchev–Trinajstić information content (AvgIpc) is 3.49. The van der Waals surface area contributed by atoms with Crippen LogP contribution in [0.4, 0.5) is 4.39 Å². The Morgan fingerprint density at radius 3 is 1.96 bits per heavy atom. The first kappa shape index (κ1) is 43.7. The van der Waals surface area contributed by atoms with Crippen LogP contribution in [0, 0.1) is 70.4 Å². The van der Waals surface area contributed by atoms with Crippen molar-refractivity contribution in [1.82, 2.24) is 0 Å². The Labute approximate surface area is 297 Å². The van der Waals surface area contributed by atoms with Gasteiger partial charge in [-0.2, -0.15) is 0 Å². The van der Waals surface area contributed by atoms with E-state index in [4.69, 9.17) is 4.74 Å². The summed E-state index contributed by atoms with van der Waals surface area (Å²) >= 11 is 0. The van der Waals surface area contributed by atoms with Crippen LogP contribution in [-0.2, 0) is 4.74 Å². The minimum atomic E-state index is -0.613.